The van der Waals surface area contributed by atoms with Gasteiger partial charge < -0.3 is 21.3 Å². The summed E-state index contributed by atoms with van der Waals surface area (Å²) in [5.74, 6) is -0.206. The van der Waals surface area contributed by atoms with E-state index in [4.69, 9.17) is 5.73 Å². The molecule has 1 saturated heterocycles. The van der Waals surface area contributed by atoms with Crippen molar-refractivity contribution in [3.05, 3.63) is 70.9 Å². The van der Waals surface area contributed by atoms with Crippen LogP contribution in [0.15, 0.2) is 48.5 Å². The van der Waals surface area contributed by atoms with Crippen molar-refractivity contribution in [2.75, 3.05) is 47.4 Å². The van der Waals surface area contributed by atoms with Crippen molar-refractivity contribution in [1.82, 2.24) is 14.9 Å². The van der Waals surface area contributed by atoms with E-state index < -0.39 is 17.8 Å². The number of hydrogen-bond acceptors (Lipinski definition) is 6. The highest BCUT2D eigenvalue weighted by Gasteiger charge is 2.34. The lowest BCUT2D eigenvalue weighted by atomic mass is 10.1. The summed E-state index contributed by atoms with van der Waals surface area (Å²) in [5, 5.41) is 5.67. The molecule has 4 rings (SSSR count). The number of nitrogens with one attached hydrogen (secondary N) is 2. The zero-order valence-electron chi connectivity index (χ0n) is 20.1. The van der Waals surface area contributed by atoms with Gasteiger partial charge >= 0.3 is 12.2 Å². The number of alkyl halides is 3. The van der Waals surface area contributed by atoms with E-state index in [0.717, 1.165) is 28.4 Å². The van der Waals surface area contributed by atoms with Gasteiger partial charge in [-0.2, -0.15) is 18.2 Å². The fourth-order valence-corrected chi connectivity index (χ4v) is 4.19. The van der Waals surface area contributed by atoms with Crippen LogP contribution >= 0.6 is 0 Å². The number of nitrogens with two attached hydrogens (primary N) is 1. The first-order valence-corrected chi connectivity index (χ1v) is 11.5. The number of anilines is 4. The monoisotopic (exact) mass is 499 g/mol. The van der Waals surface area contributed by atoms with E-state index in [1.54, 1.807) is 4.90 Å². The maximum Gasteiger partial charge on any atom is 0.433 e. The molecular weight excluding hydrogens is 471 g/mol. The number of halogens is 3. The highest BCUT2D eigenvalue weighted by atomic mass is 19.4. The normalized spacial score (nSPS) is 14.5. The van der Waals surface area contributed by atoms with Crippen molar-refractivity contribution in [3.8, 4) is 0 Å². The average molecular weight is 500 g/mol. The minimum Gasteiger partial charge on any atom is -0.368 e. The summed E-state index contributed by atoms with van der Waals surface area (Å²) in [5.41, 5.74) is 9.07. The first kappa shape index (κ1) is 25.2. The molecule has 8 nitrogen and oxygen atoms in total. The van der Waals surface area contributed by atoms with E-state index in [1.807, 2.05) is 56.3 Å². The molecule has 0 bridgehead atoms. The second kappa shape index (κ2) is 10.4. The summed E-state index contributed by atoms with van der Waals surface area (Å²) in [6, 6.07) is 14.0. The van der Waals surface area contributed by atoms with Crippen LogP contribution in [0.4, 0.5) is 41.1 Å². The zero-order valence-corrected chi connectivity index (χ0v) is 20.1. The zero-order chi connectivity index (χ0) is 25.9. The number of aromatic nitrogens is 2. The molecule has 0 saturated carbocycles. The predicted octanol–water partition coefficient (Wildman–Crippen LogP) is 4.66. The molecule has 11 heteroatoms. The first-order chi connectivity index (χ1) is 17.0. The third kappa shape index (κ3) is 6.63. The highest BCUT2D eigenvalue weighted by Crippen LogP contribution is 2.30. The van der Waals surface area contributed by atoms with Gasteiger partial charge in [-0.1, -0.05) is 18.2 Å². The third-order valence-corrected chi connectivity index (χ3v) is 5.81. The molecule has 1 fully saturated rings. The summed E-state index contributed by atoms with van der Waals surface area (Å²) in [6.45, 7) is 6.99. The number of amides is 2. The molecule has 0 unspecified atom stereocenters. The van der Waals surface area contributed by atoms with Gasteiger partial charge in [0.15, 0.2) is 5.69 Å². The Morgan fingerprint density at radius 3 is 2.14 bits per heavy atom. The maximum atomic E-state index is 13.0. The fourth-order valence-electron chi connectivity index (χ4n) is 4.19. The molecule has 190 valence electrons. The Hall–Kier alpha value is -3.86. The van der Waals surface area contributed by atoms with Crippen LogP contribution in [0.5, 0.6) is 0 Å². The molecular formula is C25H28F3N7O. The van der Waals surface area contributed by atoms with Crippen LogP contribution in [0, 0.1) is 13.8 Å². The molecule has 1 aromatic heterocycles. The van der Waals surface area contributed by atoms with Gasteiger partial charge in [0.1, 0.15) is 5.82 Å². The average Bonchev–Trinajstić information content (AvgIpc) is 2.79. The Bertz CT molecular complexity index is 1200. The van der Waals surface area contributed by atoms with Gasteiger partial charge in [-0.25, -0.2) is 9.78 Å². The molecule has 2 amide bonds. The topological polar surface area (TPSA) is 99.4 Å². The van der Waals surface area contributed by atoms with Crippen LogP contribution in [0.25, 0.3) is 0 Å². The highest BCUT2D eigenvalue weighted by molar-refractivity contribution is 5.99. The molecule has 1 aliphatic rings. The Balaban J connectivity index is 1.28. The molecule has 4 N–H and O–H groups in total. The molecule has 0 radical (unpaired) electrons. The number of urea groups is 1. The second-order valence-electron chi connectivity index (χ2n) is 8.88. The molecule has 2 heterocycles. The van der Waals surface area contributed by atoms with E-state index in [2.05, 4.69) is 25.5 Å². The van der Waals surface area contributed by atoms with Gasteiger partial charge in [0.05, 0.1) is 0 Å². The number of nitrogens with zero attached hydrogens (tertiary/aromatic N) is 4. The Morgan fingerprint density at radius 1 is 0.917 bits per heavy atom. The number of nitrogen functional groups attached to an aromatic ring is 1. The SMILES string of the molecule is Cc1cc(C)cc(NC(=O)Nc2ccc(CN3CCN(c4cc(C(F)(F)F)nc(N)n4)CC3)cc2)c1. The van der Waals surface area contributed by atoms with E-state index in [-0.39, 0.29) is 11.8 Å². The quantitative estimate of drug-likeness (QED) is 0.472. The van der Waals surface area contributed by atoms with Gasteiger partial charge in [-0.3, -0.25) is 4.90 Å². The Morgan fingerprint density at radius 2 is 1.53 bits per heavy atom. The van der Waals surface area contributed by atoms with E-state index >= 15 is 0 Å². The van der Waals surface area contributed by atoms with Gasteiger partial charge in [0.2, 0.25) is 5.95 Å². The summed E-state index contributed by atoms with van der Waals surface area (Å²) < 4.78 is 39.1. The summed E-state index contributed by atoms with van der Waals surface area (Å²) in [4.78, 5) is 23.6. The molecule has 0 spiro atoms. The molecule has 36 heavy (non-hydrogen) atoms. The van der Waals surface area contributed by atoms with E-state index in [1.165, 1.54) is 0 Å². The van der Waals surface area contributed by atoms with Crippen molar-refractivity contribution in [2.24, 2.45) is 0 Å². The number of hydrogen-bond donors (Lipinski definition) is 3. The number of rotatable bonds is 5. The van der Waals surface area contributed by atoms with Crippen LogP contribution in [0.1, 0.15) is 22.4 Å². The lowest BCUT2D eigenvalue weighted by Crippen LogP contribution is -2.46. The molecule has 2 aromatic carbocycles. The first-order valence-electron chi connectivity index (χ1n) is 11.5. The van der Waals surface area contributed by atoms with Gasteiger partial charge in [-0.15, -0.1) is 0 Å². The smallest absolute Gasteiger partial charge is 0.368 e. The summed E-state index contributed by atoms with van der Waals surface area (Å²) in [6.07, 6.45) is -4.57. The maximum absolute atomic E-state index is 13.0. The number of aryl methyl sites for hydroxylation is 2. The van der Waals surface area contributed by atoms with E-state index in [0.29, 0.717) is 38.4 Å². The summed E-state index contributed by atoms with van der Waals surface area (Å²) in [7, 11) is 0. The largest absolute Gasteiger partial charge is 0.433 e. The minimum absolute atomic E-state index is 0.184. The van der Waals surface area contributed by atoms with Crippen molar-refractivity contribution < 1.29 is 18.0 Å². The number of carbonyl (C=O) groups excluding carboxylic acids is 1. The van der Waals surface area contributed by atoms with Gasteiger partial charge in [-0.05, 0) is 54.8 Å². The second-order valence-corrected chi connectivity index (χ2v) is 8.88. The van der Waals surface area contributed by atoms with Crippen LogP contribution in [-0.2, 0) is 12.7 Å². The van der Waals surface area contributed by atoms with Crippen molar-refractivity contribution in [3.63, 3.8) is 0 Å². The molecule has 0 aliphatic carbocycles. The number of benzene rings is 2. The van der Waals surface area contributed by atoms with Crippen LogP contribution in [0.3, 0.4) is 0 Å². The molecule has 1 aliphatic heterocycles. The number of piperazine rings is 1. The third-order valence-electron chi connectivity index (χ3n) is 5.81. The van der Waals surface area contributed by atoms with Crippen LogP contribution in [0.2, 0.25) is 0 Å². The fraction of sp³-hybridized carbons (Fsp3) is 0.320. The van der Waals surface area contributed by atoms with Crippen molar-refractivity contribution >= 4 is 29.2 Å². The Kier molecular flexibility index (Phi) is 7.30. The molecule has 3 aromatic rings. The predicted molar refractivity (Wildman–Crippen MR) is 134 cm³/mol. The Labute approximate surface area is 207 Å². The lowest BCUT2D eigenvalue weighted by molar-refractivity contribution is -0.141. The van der Waals surface area contributed by atoms with Gasteiger partial charge in [0, 0.05) is 50.2 Å². The van der Waals surface area contributed by atoms with Crippen molar-refractivity contribution in [1.29, 1.82) is 0 Å². The van der Waals surface area contributed by atoms with Crippen LogP contribution < -0.4 is 21.3 Å². The molecule has 0 atom stereocenters. The lowest BCUT2D eigenvalue weighted by Gasteiger charge is -2.35. The standard InChI is InChI=1S/C25H28F3N7O/c1-16-11-17(2)13-20(12-16)31-24(36)30-19-5-3-18(4-6-19)15-34-7-9-35(10-8-34)22-14-21(25(26,27)28)32-23(29)33-22/h3-6,11-14H,7-10,15H2,1-2H3,(H2,29,32,33)(H2,30,31,36). The summed E-state index contributed by atoms with van der Waals surface area (Å²) >= 11 is 0. The van der Waals surface area contributed by atoms with Gasteiger partial charge in [0.25, 0.3) is 0 Å². The number of carbonyl (C=O) groups is 1. The van der Waals surface area contributed by atoms with Crippen molar-refractivity contribution in [2.45, 2.75) is 26.6 Å². The van der Waals surface area contributed by atoms with E-state index in [9.17, 15) is 18.0 Å². The van der Waals surface area contributed by atoms with Crippen LogP contribution in [-0.4, -0.2) is 47.1 Å². The minimum atomic E-state index is -4.57.